The maximum Gasteiger partial charge on any atom is 0.0906 e. The van der Waals surface area contributed by atoms with Crippen LogP contribution in [0, 0.1) is 0 Å². The molecule has 0 rings (SSSR count). The highest BCUT2D eigenvalue weighted by Gasteiger charge is 1.97. The van der Waals surface area contributed by atoms with Crippen molar-refractivity contribution in [3.63, 3.8) is 0 Å². The third-order valence-electron chi connectivity index (χ3n) is 0.429. The molecule has 0 aliphatic rings. The van der Waals surface area contributed by atoms with Crippen molar-refractivity contribution in [2.75, 3.05) is 0 Å². The predicted molar refractivity (Wildman–Crippen MR) is 27.5 cm³/mol. The van der Waals surface area contributed by atoms with E-state index in [4.69, 9.17) is 5.26 Å². The average molecular weight is 204 g/mol. The molecule has 0 saturated heterocycles. The van der Waals surface area contributed by atoms with E-state index in [1.807, 2.05) is 0 Å². The van der Waals surface area contributed by atoms with Crippen LogP contribution >= 0.6 is 0 Å². The van der Waals surface area contributed by atoms with Crippen LogP contribution in [0.4, 0.5) is 0 Å². The second-order valence-corrected chi connectivity index (χ2v) is 1.70. The van der Waals surface area contributed by atoms with E-state index in [1.165, 1.54) is 0 Å². The molecule has 0 heterocycles. The zero-order valence-corrected chi connectivity index (χ0v) is 6.70. The first-order chi connectivity index (χ1) is 6.27. The third kappa shape index (κ3) is 11.6. The van der Waals surface area contributed by atoms with Crippen molar-refractivity contribution in [2.24, 2.45) is 0 Å². The van der Waals surface area contributed by atoms with Gasteiger partial charge in [0.1, 0.15) is 0 Å². The maximum atomic E-state index is 7.47. The molecule has 0 aliphatic carbocycles. The molecule has 10 heteroatoms. The Balaban J connectivity index is 2.84. The van der Waals surface area contributed by atoms with Gasteiger partial charge in [0, 0.05) is 0 Å². The molecule has 80 valence electrons. The molecular weight excluding hydrogens is 196 g/mol. The van der Waals surface area contributed by atoms with Crippen LogP contribution in [0.5, 0.6) is 0 Å². The van der Waals surface area contributed by atoms with Crippen LogP contribution in [0.3, 0.4) is 0 Å². The van der Waals surface area contributed by atoms with Gasteiger partial charge in [0.25, 0.3) is 0 Å². The van der Waals surface area contributed by atoms with Crippen LogP contribution in [-0.2, 0) is 45.2 Å². The van der Waals surface area contributed by atoms with Gasteiger partial charge in [-0.3, -0.25) is 0 Å². The molecule has 0 aromatic heterocycles. The van der Waals surface area contributed by atoms with E-state index < -0.39 is 0 Å². The first-order valence-corrected chi connectivity index (χ1v) is 2.91. The van der Waals surface area contributed by atoms with Crippen molar-refractivity contribution in [3.8, 4) is 0 Å². The Hall–Kier alpha value is -0.400. The summed E-state index contributed by atoms with van der Waals surface area (Å²) in [5.74, 6) is 0. The van der Waals surface area contributed by atoms with Crippen LogP contribution in [0.1, 0.15) is 13.8 Å². The standard InChI is InChI=1S/C3H8O10/c1-3(2)5-7-9-11-13-12-10-8-6-4/h3-4H,1-2H3. The number of hydrogen-bond donors (Lipinski definition) is 1. The van der Waals surface area contributed by atoms with E-state index in [9.17, 15) is 0 Å². The number of hydrogen-bond acceptors (Lipinski definition) is 10. The van der Waals surface area contributed by atoms with E-state index in [2.05, 4.69) is 45.2 Å². The molecule has 0 saturated carbocycles. The van der Waals surface area contributed by atoms with Gasteiger partial charge >= 0.3 is 0 Å². The number of rotatable bonds is 9. The smallest absolute Gasteiger partial charge is 0.0906 e. The van der Waals surface area contributed by atoms with Crippen LogP contribution in [0.2, 0.25) is 0 Å². The fourth-order valence-electron chi connectivity index (χ4n) is 0.164. The minimum absolute atomic E-state index is 0.230. The van der Waals surface area contributed by atoms with Crippen molar-refractivity contribution in [2.45, 2.75) is 20.0 Å². The Bertz CT molecular complexity index is 94.2. The molecule has 1 N–H and O–H groups in total. The lowest BCUT2D eigenvalue weighted by atomic mass is 10.5. The van der Waals surface area contributed by atoms with Crippen LogP contribution in [0.25, 0.3) is 0 Å². The monoisotopic (exact) mass is 204 g/mol. The highest BCUT2D eigenvalue weighted by molar-refractivity contribution is 4.24. The van der Waals surface area contributed by atoms with Crippen molar-refractivity contribution in [1.82, 2.24) is 0 Å². The topological polar surface area (TPSA) is 103 Å². The largest absolute Gasteiger partial charge is 0.219 e. The lowest BCUT2D eigenvalue weighted by Crippen LogP contribution is -2.06. The van der Waals surface area contributed by atoms with Crippen molar-refractivity contribution in [1.29, 1.82) is 0 Å². The van der Waals surface area contributed by atoms with E-state index in [0.29, 0.717) is 0 Å². The van der Waals surface area contributed by atoms with Gasteiger partial charge in [0.05, 0.1) is 6.10 Å². The molecule has 0 aromatic carbocycles. The highest BCUT2D eigenvalue weighted by atomic mass is 17.9. The summed E-state index contributed by atoms with van der Waals surface area (Å²) in [5, 5.41) is 35.4. The minimum atomic E-state index is -0.230. The Morgan fingerprint density at radius 1 is 0.769 bits per heavy atom. The normalized spacial score (nSPS) is 11.1. The van der Waals surface area contributed by atoms with Gasteiger partial charge in [-0.2, -0.15) is 0 Å². The fraction of sp³-hybridized carbons (Fsp3) is 1.00. The Morgan fingerprint density at radius 3 is 1.69 bits per heavy atom. The highest BCUT2D eigenvalue weighted by Crippen LogP contribution is 1.92. The second kappa shape index (κ2) is 9.69. The molecule has 0 radical (unpaired) electrons. The van der Waals surface area contributed by atoms with Crippen molar-refractivity contribution in [3.05, 3.63) is 0 Å². The van der Waals surface area contributed by atoms with Gasteiger partial charge in [0.2, 0.25) is 0 Å². The van der Waals surface area contributed by atoms with E-state index in [-0.39, 0.29) is 6.10 Å². The quantitative estimate of drug-likeness (QED) is 0.321. The summed E-state index contributed by atoms with van der Waals surface area (Å²) in [7, 11) is 0. The molecule has 0 fully saturated rings. The molecule has 13 heavy (non-hydrogen) atoms. The zero-order chi connectivity index (χ0) is 9.94. The molecule has 0 amide bonds. The fourth-order valence-corrected chi connectivity index (χ4v) is 0.164. The van der Waals surface area contributed by atoms with Crippen molar-refractivity contribution >= 4 is 0 Å². The summed E-state index contributed by atoms with van der Waals surface area (Å²) in [6, 6.07) is 0. The van der Waals surface area contributed by atoms with Gasteiger partial charge in [-0.1, -0.05) is 0 Å². The average Bonchev–Trinajstić information content (AvgIpc) is 2.09. The van der Waals surface area contributed by atoms with Gasteiger partial charge < -0.3 is 0 Å². The van der Waals surface area contributed by atoms with Crippen LogP contribution < -0.4 is 0 Å². The third-order valence-corrected chi connectivity index (χ3v) is 0.429. The second-order valence-electron chi connectivity index (χ2n) is 1.70. The molecule has 10 nitrogen and oxygen atoms in total. The molecular formula is C3H8O10. The summed E-state index contributed by atoms with van der Waals surface area (Å²) in [6.45, 7) is 3.35. The maximum absolute atomic E-state index is 7.47. The van der Waals surface area contributed by atoms with E-state index in [1.54, 1.807) is 13.8 Å². The van der Waals surface area contributed by atoms with Crippen LogP contribution in [0.15, 0.2) is 0 Å². The Kier molecular flexibility index (Phi) is 9.39. The van der Waals surface area contributed by atoms with Gasteiger partial charge in [-0.15, -0.1) is 0 Å². The summed E-state index contributed by atoms with van der Waals surface area (Å²) >= 11 is 0. The molecule has 0 atom stereocenters. The Labute approximate surface area is 71.6 Å². The Morgan fingerprint density at radius 2 is 1.23 bits per heavy atom. The van der Waals surface area contributed by atoms with Gasteiger partial charge in [0.15, 0.2) is 0 Å². The van der Waals surface area contributed by atoms with Crippen molar-refractivity contribution < 1.29 is 50.5 Å². The molecule has 0 aromatic rings. The predicted octanol–water partition coefficient (Wildman–Crippen LogP) is 0.337. The van der Waals surface area contributed by atoms with E-state index in [0.717, 1.165) is 0 Å². The molecule has 0 unspecified atom stereocenters. The SMILES string of the molecule is CC(C)OOOOOOOOOO. The van der Waals surface area contributed by atoms with Gasteiger partial charge in [-0.25, -0.2) is 10.1 Å². The lowest BCUT2D eigenvalue weighted by molar-refractivity contribution is -0.844. The van der Waals surface area contributed by atoms with Crippen LogP contribution in [-0.4, -0.2) is 11.4 Å². The molecule has 0 bridgehead atoms. The molecule has 0 spiro atoms. The lowest BCUT2D eigenvalue weighted by Gasteiger charge is -2.01. The molecule has 0 aliphatic heterocycles. The minimum Gasteiger partial charge on any atom is -0.219 e. The summed E-state index contributed by atoms with van der Waals surface area (Å²) in [5.41, 5.74) is 0. The summed E-state index contributed by atoms with van der Waals surface area (Å²) < 4.78 is 0. The first kappa shape index (κ1) is 12.6. The zero-order valence-electron chi connectivity index (χ0n) is 6.70. The first-order valence-electron chi connectivity index (χ1n) is 2.91. The summed E-state index contributed by atoms with van der Waals surface area (Å²) in [6.07, 6.45) is -0.230. The van der Waals surface area contributed by atoms with E-state index >= 15 is 0 Å². The van der Waals surface area contributed by atoms with Gasteiger partial charge in [-0.05, 0) is 54.2 Å². The summed E-state index contributed by atoms with van der Waals surface area (Å²) in [4.78, 5) is 4.35.